The second kappa shape index (κ2) is 62.4. The van der Waals surface area contributed by atoms with E-state index in [1.54, 1.807) is 0 Å². The third kappa shape index (κ3) is 72.2. The van der Waals surface area contributed by atoms with Crippen LogP contribution in [0.15, 0.2) is 24.3 Å². The molecule has 63 heavy (non-hydrogen) atoms. The Hall–Kier alpha value is -1.66. The van der Waals surface area contributed by atoms with Gasteiger partial charge in [-0.1, -0.05) is 244 Å². The molecular formula is C57H114N2O4. The van der Waals surface area contributed by atoms with Gasteiger partial charge in [-0.25, -0.2) is 0 Å². The number of unbranched alkanes of at least 4 members (excludes halogenated alkanes) is 37. The number of carbonyl (C=O) groups is 2. The van der Waals surface area contributed by atoms with Gasteiger partial charge < -0.3 is 21.3 Å². The number of carboxylic acid groups (broad SMARTS) is 2. The van der Waals surface area contributed by atoms with Crippen molar-refractivity contribution >= 4 is 11.9 Å². The highest BCUT2D eigenvalue weighted by Crippen LogP contribution is 2.15. The molecule has 6 nitrogen and oxygen atoms in total. The molecular weight excluding hydrogens is 777 g/mol. The number of allylic oxidation sites excluding steroid dienone is 4. The van der Waals surface area contributed by atoms with E-state index in [-0.39, 0.29) is 0 Å². The third-order valence-corrected chi connectivity index (χ3v) is 12.2. The van der Waals surface area contributed by atoms with Crippen LogP contribution in [0.2, 0.25) is 0 Å². The molecule has 0 amide bonds. The van der Waals surface area contributed by atoms with Gasteiger partial charge in [-0.05, 0) is 84.1 Å². The summed E-state index contributed by atoms with van der Waals surface area (Å²) in [4.78, 5) is 20.6. The minimum absolute atomic E-state index is 0.332. The van der Waals surface area contributed by atoms with Crippen LogP contribution in [0, 0.1) is 0 Å². The van der Waals surface area contributed by atoms with E-state index in [9.17, 15) is 9.59 Å². The predicted molar refractivity (Wildman–Crippen MR) is 280 cm³/mol. The summed E-state index contributed by atoms with van der Waals surface area (Å²) in [6.07, 6.45) is 65.5. The highest BCUT2D eigenvalue weighted by Gasteiger charge is 1.99. The Morgan fingerprint density at radius 3 is 0.841 bits per heavy atom. The average molecular weight is 892 g/mol. The molecule has 0 aliphatic carbocycles. The van der Waals surface area contributed by atoms with E-state index >= 15 is 0 Å². The van der Waals surface area contributed by atoms with E-state index in [1.807, 2.05) is 0 Å². The SMILES string of the molecule is CCCCCCCC/C=C\CCCCCCCC(=O)O.CCCCCCCC/C=C\CCCCCCCC(=O)O.CCCCCCCCCCCCCCCCCCNC(C)CN. The maximum Gasteiger partial charge on any atom is 0.303 e. The van der Waals surface area contributed by atoms with Crippen molar-refractivity contribution in [3.8, 4) is 0 Å². The van der Waals surface area contributed by atoms with E-state index in [0.717, 1.165) is 38.8 Å². The van der Waals surface area contributed by atoms with Crippen LogP contribution < -0.4 is 11.1 Å². The summed E-state index contributed by atoms with van der Waals surface area (Å²) < 4.78 is 0. The van der Waals surface area contributed by atoms with Gasteiger partial charge in [0.1, 0.15) is 0 Å². The molecule has 6 heteroatoms. The monoisotopic (exact) mass is 891 g/mol. The molecule has 0 radical (unpaired) electrons. The number of aliphatic carboxylic acids is 2. The van der Waals surface area contributed by atoms with E-state index < -0.39 is 11.9 Å². The Labute approximate surface area is 395 Å². The topological polar surface area (TPSA) is 113 Å². The zero-order valence-corrected chi connectivity index (χ0v) is 43.2. The quantitative estimate of drug-likeness (QED) is 0.0357. The maximum atomic E-state index is 10.3. The summed E-state index contributed by atoms with van der Waals surface area (Å²) in [6, 6.07) is 0.478. The lowest BCUT2D eigenvalue weighted by Gasteiger charge is -2.10. The van der Waals surface area contributed by atoms with Gasteiger partial charge in [0, 0.05) is 25.4 Å². The number of hydrogen-bond acceptors (Lipinski definition) is 4. The molecule has 1 unspecified atom stereocenters. The molecule has 0 heterocycles. The minimum atomic E-state index is -0.664. The summed E-state index contributed by atoms with van der Waals surface area (Å²) in [5.74, 6) is -1.33. The van der Waals surface area contributed by atoms with Crippen molar-refractivity contribution in [3.05, 3.63) is 24.3 Å². The Morgan fingerprint density at radius 2 is 0.603 bits per heavy atom. The van der Waals surface area contributed by atoms with Gasteiger partial charge in [0.15, 0.2) is 0 Å². The van der Waals surface area contributed by atoms with Crippen molar-refractivity contribution in [1.82, 2.24) is 5.32 Å². The molecule has 0 spiro atoms. The second-order valence-electron chi connectivity index (χ2n) is 18.9. The first-order valence-corrected chi connectivity index (χ1v) is 28.0. The first-order valence-electron chi connectivity index (χ1n) is 28.0. The highest BCUT2D eigenvalue weighted by atomic mass is 16.4. The van der Waals surface area contributed by atoms with E-state index in [4.69, 9.17) is 15.9 Å². The molecule has 0 aromatic carbocycles. The first kappa shape index (κ1) is 65.6. The smallest absolute Gasteiger partial charge is 0.303 e. The van der Waals surface area contributed by atoms with E-state index in [2.05, 4.69) is 57.3 Å². The lowest BCUT2D eigenvalue weighted by atomic mass is 10.0. The molecule has 376 valence electrons. The molecule has 1 atom stereocenters. The largest absolute Gasteiger partial charge is 0.481 e. The van der Waals surface area contributed by atoms with Crippen molar-refractivity contribution in [2.24, 2.45) is 5.73 Å². The molecule has 0 aliphatic rings. The fourth-order valence-electron chi connectivity index (χ4n) is 7.80. The molecule has 0 saturated carbocycles. The second-order valence-corrected chi connectivity index (χ2v) is 18.9. The van der Waals surface area contributed by atoms with Crippen molar-refractivity contribution in [2.75, 3.05) is 13.1 Å². The fourth-order valence-corrected chi connectivity index (χ4v) is 7.80. The summed E-state index contributed by atoms with van der Waals surface area (Å²) in [5.41, 5.74) is 5.58. The highest BCUT2D eigenvalue weighted by molar-refractivity contribution is 5.66. The molecule has 0 bridgehead atoms. The van der Waals surface area contributed by atoms with E-state index in [1.165, 1.54) is 244 Å². The number of hydrogen-bond donors (Lipinski definition) is 4. The number of carboxylic acids is 2. The molecule has 0 aromatic heterocycles. The molecule has 0 saturated heterocycles. The molecule has 0 aliphatic heterocycles. The summed E-state index contributed by atoms with van der Waals surface area (Å²) in [6.45, 7) is 10.9. The lowest BCUT2D eigenvalue weighted by Crippen LogP contribution is -2.33. The Balaban J connectivity index is -0.000000860. The van der Waals surface area contributed by atoms with Crippen LogP contribution in [0.1, 0.15) is 310 Å². The number of nitrogens with one attached hydrogen (secondary N) is 1. The Morgan fingerprint density at radius 1 is 0.381 bits per heavy atom. The fraction of sp³-hybridized carbons (Fsp3) is 0.895. The van der Waals surface area contributed by atoms with Gasteiger partial charge in [-0.2, -0.15) is 0 Å². The average Bonchev–Trinajstić information content (AvgIpc) is 3.27. The first-order chi connectivity index (χ1) is 30.8. The van der Waals surface area contributed by atoms with Gasteiger partial charge in [0.2, 0.25) is 0 Å². The predicted octanol–water partition coefficient (Wildman–Crippen LogP) is 18.4. The van der Waals surface area contributed by atoms with Crippen molar-refractivity contribution in [3.63, 3.8) is 0 Å². The van der Waals surface area contributed by atoms with Crippen LogP contribution in [0.4, 0.5) is 0 Å². The zero-order chi connectivity index (χ0) is 46.8. The number of nitrogens with two attached hydrogens (primary N) is 1. The molecule has 5 N–H and O–H groups in total. The van der Waals surface area contributed by atoms with Gasteiger partial charge in [-0.15, -0.1) is 0 Å². The van der Waals surface area contributed by atoms with Crippen LogP contribution in [0.25, 0.3) is 0 Å². The molecule has 0 fully saturated rings. The molecule has 0 rings (SSSR count). The Kier molecular flexibility index (Phi) is 65.0. The van der Waals surface area contributed by atoms with Gasteiger partial charge in [-0.3, -0.25) is 9.59 Å². The summed E-state index contributed by atoms with van der Waals surface area (Å²) >= 11 is 0. The lowest BCUT2D eigenvalue weighted by molar-refractivity contribution is -0.138. The summed E-state index contributed by atoms with van der Waals surface area (Å²) in [7, 11) is 0. The maximum absolute atomic E-state index is 10.3. The van der Waals surface area contributed by atoms with Gasteiger partial charge in [0.25, 0.3) is 0 Å². The van der Waals surface area contributed by atoms with Crippen LogP contribution in [-0.4, -0.2) is 41.3 Å². The van der Waals surface area contributed by atoms with Crippen molar-refractivity contribution in [2.45, 2.75) is 316 Å². The summed E-state index contributed by atoms with van der Waals surface area (Å²) in [5, 5.41) is 20.5. The Bertz CT molecular complexity index is 857. The molecule has 0 aromatic rings. The third-order valence-electron chi connectivity index (χ3n) is 12.2. The van der Waals surface area contributed by atoms with Crippen LogP contribution in [-0.2, 0) is 9.59 Å². The van der Waals surface area contributed by atoms with E-state index in [0.29, 0.717) is 18.9 Å². The number of rotatable bonds is 49. The van der Waals surface area contributed by atoms with Crippen LogP contribution >= 0.6 is 0 Å². The van der Waals surface area contributed by atoms with Crippen LogP contribution in [0.5, 0.6) is 0 Å². The van der Waals surface area contributed by atoms with Crippen LogP contribution in [0.3, 0.4) is 0 Å². The van der Waals surface area contributed by atoms with Gasteiger partial charge in [0.05, 0.1) is 0 Å². The minimum Gasteiger partial charge on any atom is -0.481 e. The zero-order valence-electron chi connectivity index (χ0n) is 43.2. The van der Waals surface area contributed by atoms with Gasteiger partial charge >= 0.3 is 11.9 Å². The standard InChI is InChI=1S/C21H46N2.2C18H34O2/c1-3-4-5-6-7-8-9-10-11-12-13-14-15-16-17-18-19-23-21(2)20-22;2*1-2-3-4-5-6-7-8-9-10-11-12-13-14-15-16-17-18(19)20/h21,23H,3-20,22H2,1-2H3;2*9-10H,2-8,11-17H2,1H3,(H,19,20)/b;2*10-9-. The van der Waals surface area contributed by atoms with Crippen molar-refractivity contribution < 1.29 is 19.8 Å². The van der Waals surface area contributed by atoms with Crippen molar-refractivity contribution in [1.29, 1.82) is 0 Å². The normalized spacial score (nSPS) is 11.8.